The molecular formula is C10H19N5O. The Morgan fingerprint density at radius 3 is 2.50 bits per heavy atom. The van der Waals surface area contributed by atoms with Crippen molar-refractivity contribution in [3.63, 3.8) is 0 Å². The van der Waals surface area contributed by atoms with E-state index < -0.39 is 0 Å². The third kappa shape index (κ3) is 2.78. The van der Waals surface area contributed by atoms with Gasteiger partial charge in [-0.1, -0.05) is 12.1 Å². The van der Waals surface area contributed by atoms with E-state index in [1.807, 2.05) is 0 Å². The van der Waals surface area contributed by atoms with Gasteiger partial charge in [0.25, 0.3) is 0 Å². The fraction of sp³-hybridized carbons (Fsp3) is 0.800. The molecule has 6 nitrogen and oxygen atoms in total. The molecular weight excluding hydrogens is 206 g/mol. The van der Waals surface area contributed by atoms with Crippen LogP contribution in [0.1, 0.15) is 18.6 Å². The van der Waals surface area contributed by atoms with E-state index in [2.05, 4.69) is 26.9 Å². The van der Waals surface area contributed by atoms with Crippen molar-refractivity contribution < 1.29 is 4.52 Å². The molecule has 0 saturated carbocycles. The summed E-state index contributed by atoms with van der Waals surface area (Å²) < 4.78 is 4.97. The van der Waals surface area contributed by atoms with Crippen LogP contribution in [0.5, 0.6) is 0 Å². The number of nitrogens with zero attached hydrogens (tertiary/aromatic N) is 4. The summed E-state index contributed by atoms with van der Waals surface area (Å²) in [7, 11) is 0. The molecule has 2 rings (SSSR count). The summed E-state index contributed by atoms with van der Waals surface area (Å²) in [5.41, 5.74) is 5.42. The highest BCUT2D eigenvalue weighted by atomic mass is 16.5. The van der Waals surface area contributed by atoms with Crippen molar-refractivity contribution in [2.24, 2.45) is 5.73 Å². The number of rotatable bonds is 4. The predicted molar refractivity (Wildman–Crippen MR) is 59.6 cm³/mol. The van der Waals surface area contributed by atoms with Gasteiger partial charge in [-0.3, -0.25) is 4.90 Å². The average Bonchev–Trinajstić information content (AvgIpc) is 2.78. The van der Waals surface area contributed by atoms with Crippen LogP contribution in [0.4, 0.5) is 0 Å². The van der Waals surface area contributed by atoms with E-state index in [9.17, 15) is 0 Å². The minimum absolute atomic E-state index is 0.316. The number of nitrogens with two attached hydrogens (primary N) is 1. The first-order valence-corrected chi connectivity index (χ1v) is 5.78. The standard InChI is InChI=1S/C10H19N5O/c1-2-14-3-5-15(6-4-14)8-9-12-10(7-11)16-13-9/h2-8,11H2,1H3. The summed E-state index contributed by atoms with van der Waals surface area (Å²) in [5.74, 6) is 1.26. The predicted octanol–water partition coefficient (Wildman–Crippen LogP) is -0.334. The zero-order valence-corrected chi connectivity index (χ0v) is 9.72. The molecule has 6 heteroatoms. The molecule has 0 unspecified atom stereocenters. The molecule has 1 aromatic heterocycles. The molecule has 1 fully saturated rings. The lowest BCUT2D eigenvalue weighted by atomic mass is 10.3. The first kappa shape index (κ1) is 11.5. The van der Waals surface area contributed by atoms with Crippen molar-refractivity contribution in [2.75, 3.05) is 32.7 Å². The van der Waals surface area contributed by atoms with Crippen molar-refractivity contribution in [1.29, 1.82) is 0 Å². The van der Waals surface area contributed by atoms with Crippen molar-refractivity contribution >= 4 is 0 Å². The fourth-order valence-corrected chi connectivity index (χ4v) is 1.90. The highest BCUT2D eigenvalue weighted by molar-refractivity contribution is 4.86. The van der Waals surface area contributed by atoms with Gasteiger partial charge in [-0.05, 0) is 6.54 Å². The normalized spacial score (nSPS) is 19.1. The number of likely N-dealkylation sites (N-methyl/N-ethyl adjacent to an activating group) is 1. The Morgan fingerprint density at radius 2 is 1.94 bits per heavy atom. The topological polar surface area (TPSA) is 71.4 Å². The van der Waals surface area contributed by atoms with Crippen LogP contribution in [0.3, 0.4) is 0 Å². The molecule has 2 N–H and O–H groups in total. The zero-order valence-electron chi connectivity index (χ0n) is 9.72. The first-order valence-electron chi connectivity index (χ1n) is 5.78. The largest absolute Gasteiger partial charge is 0.338 e. The molecule has 2 heterocycles. The first-order chi connectivity index (χ1) is 7.81. The van der Waals surface area contributed by atoms with Gasteiger partial charge in [0.1, 0.15) is 0 Å². The van der Waals surface area contributed by atoms with Crippen LogP contribution in [0.2, 0.25) is 0 Å². The molecule has 0 amide bonds. The second-order valence-corrected chi connectivity index (χ2v) is 4.02. The van der Waals surface area contributed by atoms with Gasteiger partial charge in [0.15, 0.2) is 5.82 Å². The van der Waals surface area contributed by atoms with E-state index in [0.29, 0.717) is 12.4 Å². The van der Waals surface area contributed by atoms with Crippen molar-refractivity contribution in [2.45, 2.75) is 20.0 Å². The van der Waals surface area contributed by atoms with E-state index >= 15 is 0 Å². The molecule has 16 heavy (non-hydrogen) atoms. The summed E-state index contributed by atoms with van der Waals surface area (Å²) in [5, 5.41) is 3.90. The lowest BCUT2D eigenvalue weighted by Crippen LogP contribution is -2.45. The third-order valence-electron chi connectivity index (χ3n) is 2.96. The smallest absolute Gasteiger partial charge is 0.240 e. The maximum absolute atomic E-state index is 5.42. The molecule has 0 spiro atoms. The fourth-order valence-electron chi connectivity index (χ4n) is 1.90. The van der Waals surface area contributed by atoms with Gasteiger partial charge in [-0.2, -0.15) is 4.98 Å². The molecule has 0 bridgehead atoms. The Bertz CT molecular complexity index is 319. The molecule has 1 aliphatic rings. The third-order valence-corrected chi connectivity index (χ3v) is 2.96. The Morgan fingerprint density at radius 1 is 1.25 bits per heavy atom. The zero-order chi connectivity index (χ0) is 11.4. The Labute approximate surface area is 95.4 Å². The molecule has 1 aliphatic heterocycles. The highest BCUT2D eigenvalue weighted by Crippen LogP contribution is 2.06. The molecule has 0 atom stereocenters. The number of hydrogen-bond donors (Lipinski definition) is 1. The Balaban J connectivity index is 1.82. The van der Waals surface area contributed by atoms with Crippen LogP contribution in [0, 0.1) is 0 Å². The lowest BCUT2D eigenvalue weighted by molar-refractivity contribution is 0.128. The number of hydrogen-bond acceptors (Lipinski definition) is 6. The number of aromatic nitrogens is 2. The Kier molecular flexibility index (Phi) is 3.87. The maximum atomic E-state index is 5.42. The minimum Gasteiger partial charge on any atom is -0.338 e. The average molecular weight is 225 g/mol. The van der Waals surface area contributed by atoms with Gasteiger partial charge in [0.05, 0.1) is 13.1 Å². The molecule has 1 aromatic rings. The lowest BCUT2D eigenvalue weighted by Gasteiger charge is -2.33. The van der Waals surface area contributed by atoms with Crippen LogP contribution in [-0.2, 0) is 13.1 Å². The SMILES string of the molecule is CCN1CCN(Cc2noc(CN)n2)CC1. The van der Waals surface area contributed by atoms with Crippen molar-refractivity contribution in [3.8, 4) is 0 Å². The van der Waals surface area contributed by atoms with E-state index in [-0.39, 0.29) is 0 Å². The van der Waals surface area contributed by atoms with Crippen molar-refractivity contribution in [1.82, 2.24) is 19.9 Å². The number of piperazine rings is 1. The molecule has 90 valence electrons. The summed E-state index contributed by atoms with van der Waals surface area (Å²) in [6.07, 6.45) is 0. The molecule has 1 saturated heterocycles. The van der Waals surface area contributed by atoms with Crippen LogP contribution < -0.4 is 5.73 Å². The highest BCUT2D eigenvalue weighted by Gasteiger charge is 2.17. The van der Waals surface area contributed by atoms with E-state index in [1.54, 1.807) is 0 Å². The summed E-state index contributed by atoms with van der Waals surface area (Å²) in [6, 6.07) is 0. The van der Waals surface area contributed by atoms with Crippen molar-refractivity contribution in [3.05, 3.63) is 11.7 Å². The van der Waals surface area contributed by atoms with Crippen LogP contribution in [0.25, 0.3) is 0 Å². The van der Waals surface area contributed by atoms with Crippen LogP contribution >= 0.6 is 0 Å². The van der Waals surface area contributed by atoms with E-state index in [4.69, 9.17) is 10.3 Å². The summed E-state index contributed by atoms with van der Waals surface area (Å²) in [6.45, 7) is 8.80. The second-order valence-electron chi connectivity index (χ2n) is 4.02. The summed E-state index contributed by atoms with van der Waals surface area (Å²) in [4.78, 5) is 8.99. The van der Waals surface area contributed by atoms with Gasteiger partial charge in [0.2, 0.25) is 5.89 Å². The van der Waals surface area contributed by atoms with E-state index in [1.165, 1.54) is 0 Å². The monoisotopic (exact) mass is 225 g/mol. The van der Waals surface area contributed by atoms with E-state index in [0.717, 1.165) is 45.1 Å². The van der Waals surface area contributed by atoms with Gasteiger partial charge in [0, 0.05) is 26.2 Å². The maximum Gasteiger partial charge on any atom is 0.240 e. The van der Waals surface area contributed by atoms with Gasteiger partial charge in [-0.15, -0.1) is 0 Å². The minimum atomic E-state index is 0.316. The summed E-state index contributed by atoms with van der Waals surface area (Å²) >= 11 is 0. The van der Waals surface area contributed by atoms with Crippen LogP contribution in [-0.4, -0.2) is 52.7 Å². The molecule has 0 radical (unpaired) electrons. The van der Waals surface area contributed by atoms with Gasteiger partial charge < -0.3 is 15.2 Å². The quantitative estimate of drug-likeness (QED) is 0.756. The molecule has 0 aromatic carbocycles. The Hall–Kier alpha value is -0.980. The van der Waals surface area contributed by atoms with Gasteiger partial charge in [-0.25, -0.2) is 0 Å². The second kappa shape index (κ2) is 5.38. The molecule has 0 aliphatic carbocycles. The van der Waals surface area contributed by atoms with Crippen LogP contribution in [0.15, 0.2) is 4.52 Å². The van der Waals surface area contributed by atoms with Gasteiger partial charge >= 0.3 is 0 Å².